The zero-order valence-electron chi connectivity index (χ0n) is 10.9. The van der Waals surface area contributed by atoms with Crippen molar-refractivity contribution in [2.24, 2.45) is 0 Å². The summed E-state index contributed by atoms with van der Waals surface area (Å²) < 4.78 is 0. The van der Waals surface area contributed by atoms with E-state index in [1.54, 1.807) is 0 Å². The van der Waals surface area contributed by atoms with Gasteiger partial charge in [0.05, 0.1) is 0 Å². The van der Waals surface area contributed by atoms with Gasteiger partial charge in [-0.3, -0.25) is 18.2 Å². The van der Waals surface area contributed by atoms with E-state index < -0.39 is 0 Å². The second-order valence-electron chi connectivity index (χ2n) is 3.01. The first-order valence-corrected chi connectivity index (χ1v) is 5.15. The molecule has 0 aromatic heterocycles. The van der Waals surface area contributed by atoms with Gasteiger partial charge in [-0.25, -0.2) is 36.5 Å². The zero-order chi connectivity index (χ0) is 10.6. The van der Waals surface area contributed by atoms with Gasteiger partial charge in [0.25, 0.3) is 0 Å². The molecule has 0 atom stereocenters. The van der Waals surface area contributed by atoms with Gasteiger partial charge in [0.15, 0.2) is 0 Å². The first-order valence-electron chi connectivity index (χ1n) is 5.15. The molecule has 0 fully saturated rings. The summed E-state index contributed by atoms with van der Waals surface area (Å²) in [5, 5.41) is 0. The summed E-state index contributed by atoms with van der Waals surface area (Å²) in [4.78, 5) is 0. The van der Waals surface area contributed by atoms with Gasteiger partial charge in [0, 0.05) is 0 Å². The van der Waals surface area contributed by atoms with E-state index in [9.17, 15) is 0 Å². The van der Waals surface area contributed by atoms with E-state index in [1.807, 2.05) is 36.5 Å². The Morgan fingerprint density at radius 1 is 0.476 bits per heavy atom. The molecule has 0 bridgehead atoms. The first kappa shape index (κ1) is 38.1. The average molecular weight is 887 g/mol. The number of hydrogen-bond donors (Lipinski definition) is 0. The van der Waals surface area contributed by atoms with Gasteiger partial charge < -0.3 is 37.2 Å². The summed E-state index contributed by atoms with van der Waals surface area (Å²) in [6.07, 6.45) is 30.0. The second kappa shape index (κ2) is 33.1. The molecule has 21 heavy (non-hydrogen) atoms. The summed E-state index contributed by atoms with van der Waals surface area (Å²) in [5.74, 6) is 0. The van der Waals surface area contributed by atoms with Crippen molar-refractivity contribution in [3.05, 3.63) is 72.9 Å². The van der Waals surface area contributed by atoms with Crippen LogP contribution in [-0.2, 0) is 63.2 Å². The van der Waals surface area contributed by atoms with E-state index in [2.05, 4.69) is 36.5 Å². The molecule has 0 N–H and O–H groups in total. The summed E-state index contributed by atoms with van der Waals surface area (Å²) in [6.45, 7) is 0. The standard InChI is InChI=1S/3C5H5.3ClH.3Pt/c3*1-2-4-5-3-1;;;;;;/h3*1-3H,4H2;3*1H;;;/q3*-1;;;;3*+2/p-3. The van der Waals surface area contributed by atoms with Crippen LogP contribution in [0, 0.1) is 18.2 Å². The molecule has 0 heterocycles. The quantitative estimate of drug-likeness (QED) is 0.214. The monoisotopic (exact) mass is 885 g/mol. The molecule has 3 aliphatic carbocycles. The van der Waals surface area contributed by atoms with Gasteiger partial charge in [0.2, 0.25) is 0 Å². The van der Waals surface area contributed by atoms with Crippen molar-refractivity contribution in [1.82, 2.24) is 0 Å². The molecule has 0 radical (unpaired) electrons. The second-order valence-corrected chi connectivity index (χ2v) is 3.01. The molecule has 0 saturated carbocycles. The summed E-state index contributed by atoms with van der Waals surface area (Å²) >= 11 is 0. The molecule has 6 heteroatoms. The van der Waals surface area contributed by atoms with Gasteiger partial charge in [-0.15, -0.1) is 19.3 Å². The molecular weight excluding hydrogens is 872 g/mol. The summed E-state index contributed by atoms with van der Waals surface area (Å²) in [7, 11) is 0. The largest absolute Gasteiger partial charge is 2.00 e. The molecule has 0 nitrogen and oxygen atoms in total. The number of rotatable bonds is 0. The molecule has 0 spiro atoms. The van der Waals surface area contributed by atoms with Crippen LogP contribution in [0.25, 0.3) is 0 Å². The van der Waals surface area contributed by atoms with E-state index in [0.29, 0.717) is 0 Å². The third kappa shape index (κ3) is 29.9. The van der Waals surface area contributed by atoms with E-state index in [1.165, 1.54) is 0 Å². The maximum absolute atomic E-state index is 2.99. The van der Waals surface area contributed by atoms with Crippen LogP contribution in [0.3, 0.4) is 0 Å². The van der Waals surface area contributed by atoms with Gasteiger partial charge in [-0.1, -0.05) is 0 Å². The van der Waals surface area contributed by atoms with Crippen LogP contribution in [-0.4, -0.2) is 0 Å². The Bertz CT molecular complexity index is 251. The predicted molar refractivity (Wildman–Crippen MR) is 64.7 cm³/mol. The van der Waals surface area contributed by atoms with Crippen molar-refractivity contribution >= 4 is 0 Å². The van der Waals surface area contributed by atoms with Crippen molar-refractivity contribution in [1.29, 1.82) is 0 Å². The molecule has 0 amide bonds. The SMILES string of the molecule is [C-]1=CC=CC1.[C-]1=CC=CC1.[C-]1=CC=CC1.[Cl-].[Cl-].[Cl-].[Pt+2].[Pt+2].[Pt+2]. The Kier molecular flexibility index (Phi) is 60.1. The fourth-order valence-electron chi connectivity index (χ4n) is 1.02. The Hall–Kier alpha value is 1.37. The first-order chi connectivity index (χ1) is 7.50. The van der Waals surface area contributed by atoms with Crippen molar-refractivity contribution in [2.45, 2.75) is 19.3 Å². The number of halogens is 3. The fourth-order valence-corrected chi connectivity index (χ4v) is 1.02. The minimum Gasteiger partial charge on any atom is -1.00 e. The molecule has 0 aliphatic heterocycles. The maximum atomic E-state index is 2.99. The molecule has 0 unspecified atom stereocenters. The summed E-state index contributed by atoms with van der Waals surface area (Å²) in [6, 6.07) is 0. The van der Waals surface area contributed by atoms with Crippen LogP contribution < -0.4 is 37.2 Å². The van der Waals surface area contributed by atoms with E-state index in [-0.39, 0.29) is 100 Å². The van der Waals surface area contributed by atoms with Crippen molar-refractivity contribution in [2.75, 3.05) is 0 Å². The Labute approximate surface area is 190 Å². The van der Waals surface area contributed by atoms with E-state index in [0.717, 1.165) is 19.3 Å². The Balaban J connectivity index is -0.0000000352. The molecule has 0 aromatic rings. The normalized spacial score (nSPS) is 12.6. The Morgan fingerprint density at radius 3 is 0.762 bits per heavy atom. The van der Waals surface area contributed by atoms with Crippen LogP contribution in [0.5, 0.6) is 0 Å². The van der Waals surface area contributed by atoms with Crippen LogP contribution in [0.15, 0.2) is 54.7 Å². The van der Waals surface area contributed by atoms with Crippen LogP contribution in [0.1, 0.15) is 19.3 Å². The third-order valence-electron chi connectivity index (χ3n) is 1.76. The smallest absolute Gasteiger partial charge is 1.00 e. The van der Waals surface area contributed by atoms with Gasteiger partial charge >= 0.3 is 63.2 Å². The van der Waals surface area contributed by atoms with E-state index in [4.69, 9.17) is 0 Å². The third-order valence-corrected chi connectivity index (χ3v) is 1.76. The van der Waals surface area contributed by atoms with E-state index >= 15 is 0 Å². The molecule has 3 aliphatic rings. The summed E-state index contributed by atoms with van der Waals surface area (Å²) in [5.41, 5.74) is 0. The predicted octanol–water partition coefficient (Wildman–Crippen LogP) is -5.08. The van der Waals surface area contributed by atoms with Crippen molar-refractivity contribution in [3.8, 4) is 0 Å². The number of hydrogen-bond acceptors (Lipinski definition) is 0. The molecule has 0 saturated heterocycles. The van der Waals surface area contributed by atoms with Crippen molar-refractivity contribution in [3.63, 3.8) is 0 Å². The number of allylic oxidation sites excluding steroid dienone is 12. The average Bonchev–Trinajstić information content (AvgIpc) is 3.09. The zero-order valence-corrected chi connectivity index (χ0v) is 20.0. The van der Waals surface area contributed by atoms with Gasteiger partial charge in [-0.05, 0) is 0 Å². The maximum Gasteiger partial charge on any atom is 2.00 e. The minimum atomic E-state index is 0. The van der Waals surface area contributed by atoms with Gasteiger partial charge in [-0.2, -0.15) is 18.2 Å². The Morgan fingerprint density at radius 2 is 0.714 bits per heavy atom. The van der Waals surface area contributed by atoms with Crippen molar-refractivity contribution < 1.29 is 100 Å². The minimum absolute atomic E-state index is 0. The topological polar surface area (TPSA) is 0 Å². The van der Waals surface area contributed by atoms with Crippen LogP contribution in [0.2, 0.25) is 0 Å². The van der Waals surface area contributed by atoms with Crippen LogP contribution in [0.4, 0.5) is 0 Å². The molecule has 3 rings (SSSR count). The van der Waals surface area contributed by atoms with Crippen LogP contribution >= 0.6 is 0 Å². The molecular formula is C15H15Cl3Pt3. The molecule has 0 aromatic carbocycles. The fraction of sp³-hybridized carbons (Fsp3) is 0.200. The molecule has 126 valence electrons. The van der Waals surface area contributed by atoms with Gasteiger partial charge in [0.1, 0.15) is 0 Å².